The molecule has 39 heavy (non-hydrogen) atoms. The van der Waals surface area contributed by atoms with Crippen LogP contribution in [0.3, 0.4) is 0 Å². The van der Waals surface area contributed by atoms with Crippen LogP contribution in [0.4, 0.5) is 17.5 Å². The van der Waals surface area contributed by atoms with Crippen molar-refractivity contribution in [3.05, 3.63) is 36.4 Å². The number of pyridine rings is 2. The minimum absolute atomic E-state index is 0.0838. The number of nitrogens with zero attached hydrogens (tertiary/aromatic N) is 6. The van der Waals surface area contributed by atoms with E-state index in [4.69, 9.17) is 23.3 Å². The fraction of sp³-hybridized carbons (Fsp3) is 0.400. The molecule has 2 fully saturated rings. The average Bonchev–Trinajstić information content (AvgIpc) is 3.72. The maximum absolute atomic E-state index is 13.3. The van der Waals surface area contributed by atoms with Crippen LogP contribution in [-0.2, 0) is 4.74 Å². The van der Waals surface area contributed by atoms with E-state index in [1.165, 1.54) is 25.1 Å². The number of rotatable bonds is 7. The van der Waals surface area contributed by atoms with E-state index in [-0.39, 0.29) is 11.6 Å². The van der Waals surface area contributed by atoms with Crippen molar-refractivity contribution in [2.24, 2.45) is 0 Å². The van der Waals surface area contributed by atoms with Crippen LogP contribution >= 0.6 is 11.8 Å². The molecule has 4 aromatic heterocycles. The van der Waals surface area contributed by atoms with Gasteiger partial charge in [0, 0.05) is 44.4 Å². The smallest absolute Gasteiger partial charge is 0.300 e. The first-order valence-corrected chi connectivity index (χ1v) is 13.6. The lowest BCUT2D eigenvalue weighted by atomic mass is 10.3. The highest BCUT2D eigenvalue weighted by atomic mass is 32.2. The summed E-state index contributed by atoms with van der Waals surface area (Å²) >= 11 is 1.39. The molecule has 2 aliphatic rings. The molecule has 204 valence electrons. The standard InChI is InChI=1S/C25H27N7O6S/c1-35-19-4-3-15(12-26-19)23-28-17(13-37-23)22(33)27-16-11-18-20(30-24(38-18)31-7-9-36-10-8-31)29-21(16)32-6-5-25(34,14-32)39-2/h3-4,11-13,34H,5-10,14H2,1-2H3,(H,27,33)/t25-/m1/s1. The van der Waals surface area contributed by atoms with E-state index in [9.17, 15) is 9.90 Å². The Labute approximate surface area is 227 Å². The molecule has 0 spiro atoms. The molecule has 2 saturated heterocycles. The first kappa shape index (κ1) is 25.4. The number of carbonyl (C=O) groups is 1. The summed E-state index contributed by atoms with van der Waals surface area (Å²) in [6.07, 6.45) is 5.27. The van der Waals surface area contributed by atoms with Crippen LogP contribution in [0.2, 0.25) is 0 Å². The molecule has 4 aromatic rings. The number of ether oxygens (including phenoxy) is 2. The van der Waals surface area contributed by atoms with Crippen LogP contribution in [0, 0.1) is 0 Å². The van der Waals surface area contributed by atoms with Gasteiger partial charge < -0.3 is 38.5 Å². The minimum atomic E-state index is -0.909. The van der Waals surface area contributed by atoms with E-state index in [2.05, 4.69) is 20.3 Å². The van der Waals surface area contributed by atoms with Crippen molar-refractivity contribution in [1.82, 2.24) is 19.9 Å². The van der Waals surface area contributed by atoms with Crippen molar-refractivity contribution in [3.8, 4) is 17.3 Å². The van der Waals surface area contributed by atoms with E-state index in [1.807, 2.05) is 16.1 Å². The molecule has 1 atom stereocenters. The molecule has 6 rings (SSSR count). The number of nitrogens with one attached hydrogen (secondary N) is 1. The molecular formula is C25H27N7O6S. The van der Waals surface area contributed by atoms with Gasteiger partial charge in [-0.05, 0) is 12.3 Å². The highest BCUT2D eigenvalue weighted by molar-refractivity contribution is 7.99. The third-order valence-electron chi connectivity index (χ3n) is 6.70. The minimum Gasteiger partial charge on any atom is -0.481 e. The van der Waals surface area contributed by atoms with Gasteiger partial charge in [0.05, 0.1) is 38.1 Å². The van der Waals surface area contributed by atoms with Crippen LogP contribution in [-0.4, -0.2) is 88.6 Å². The van der Waals surface area contributed by atoms with Gasteiger partial charge in [-0.15, -0.1) is 11.8 Å². The molecule has 0 bridgehead atoms. The van der Waals surface area contributed by atoms with Gasteiger partial charge in [-0.3, -0.25) is 4.79 Å². The molecule has 0 radical (unpaired) electrons. The maximum Gasteiger partial charge on any atom is 0.300 e. The lowest BCUT2D eigenvalue weighted by molar-refractivity contribution is 0.102. The topological polar surface area (TPSA) is 152 Å². The van der Waals surface area contributed by atoms with Crippen molar-refractivity contribution in [1.29, 1.82) is 0 Å². The van der Waals surface area contributed by atoms with Crippen LogP contribution in [0.1, 0.15) is 16.9 Å². The fourth-order valence-corrected chi connectivity index (χ4v) is 5.08. The van der Waals surface area contributed by atoms with Gasteiger partial charge >= 0.3 is 0 Å². The first-order chi connectivity index (χ1) is 18.9. The molecular weight excluding hydrogens is 526 g/mol. The van der Waals surface area contributed by atoms with Gasteiger partial charge in [0.25, 0.3) is 11.9 Å². The second-order valence-electron chi connectivity index (χ2n) is 9.18. The number of anilines is 3. The highest BCUT2D eigenvalue weighted by Gasteiger charge is 2.37. The third kappa shape index (κ3) is 5.10. The Bertz CT molecular complexity index is 1490. The Kier molecular flexibility index (Phi) is 6.74. The second kappa shape index (κ2) is 10.4. The number of methoxy groups -OCH3 is 1. The van der Waals surface area contributed by atoms with E-state index in [1.54, 1.807) is 24.4 Å². The molecule has 0 aromatic carbocycles. The number of thioether (sulfide) groups is 1. The normalized spacial score (nSPS) is 19.6. The Morgan fingerprint density at radius 2 is 2.03 bits per heavy atom. The summed E-state index contributed by atoms with van der Waals surface area (Å²) in [5.41, 5.74) is 1.95. The summed E-state index contributed by atoms with van der Waals surface area (Å²) in [5.74, 6) is 0.712. The number of carbonyl (C=O) groups excluding carboxylic acids is 1. The molecule has 0 unspecified atom stereocenters. The van der Waals surface area contributed by atoms with Gasteiger partial charge in [0.15, 0.2) is 17.1 Å². The number of hydrogen-bond donors (Lipinski definition) is 2. The van der Waals surface area contributed by atoms with Crippen LogP contribution < -0.4 is 19.9 Å². The summed E-state index contributed by atoms with van der Waals surface area (Å²) in [5, 5.41) is 13.7. The summed E-state index contributed by atoms with van der Waals surface area (Å²) in [6.45, 7) is 3.41. The van der Waals surface area contributed by atoms with Crippen molar-refractivity contribution in [2.45, 2.75) is 11.4 Å². The largest absolute Gasteiger partial charge is 0.481 e. The maximum atomic E-state index is 13.3. The molecule has 13 nitrogen and oxygen atoms in total. The van der Waals surface area contributed by atoms with E-state index in [0.717, 1.165) is 0 Å². The summed E-state index contributed by atoms with van der Waals surface area (Å²) < 4.78 is 22.1. The van der Waals surface area contributed by atoms with Crippen LogP contribution in [0.25, 0.3) is 22.7 Å². The number of morpholine rings is 1. The van der Waals surface area contributed by atoms with Gasteiger partial charge in [0.1, 0.15) is 11.2 Å². The Balaban J connectivity index is 1.30. The third-order valence-corrected chi connectivity index (χ3v) is 7.79. The average molecular weight is 554 g/mol. The van der Waals surface area contributed by atoms with Crippen molar-refractivity contribution < 1.29 is 28.2 Å². The SMILES string of the molecule is COc1ccc(-c2nc(C(=O)Nc3cc4oc(N5CCOCC5)nc4nc3N3CC[C@@](O)(SC)C3)co2)cn1. The van der Waals surface area contributed by atoms with Gasteiger partial charge in [-0.2, -0.15) is 4.98 Å². The molecule has 6 heterocycles. The number of β-amino-alcohol motifs (C(OH)–C–C–N with tert-alkyl or cyclic N) is 1. The van der Waals surface area contributed by atoms with Gasteiger partial charge in [-0.25, -0.2) is 15.0 Å². The zero-order valence-electron chi connectivity index (χ0n) is 21.4. The quantitative estimate of drug-likeness (QED) is 0.323. The molecule has 0 saturated carbocycles. The van der Waals surface area contributed by atoms with Gasteiger partial charge in [0.2, 0.25) is 17.4 Å². The summed E-state index contributed by atoms with van der Waals surface area (Å²) in [4.78, 5) is 34.1. The molecule has 2 aliphatic heterocycles. The number of hydrogen-bond acceptors (Lipinski definition) is 13. The molecule has 0 aliphatic carbocycles. The van der Waals surface area contributed by atoms with E-state index >= 15 is 0 Å². The van der Waals surface area contributed by atoms with Crippen LogP contribution in [0.5, 0.6) is 5.88 Å². The Morgan fingerprint density at radius 3 is 2.74 bits per heavy atom. The Morgan fingerprint density at radius 1 is 1.18 bits per heavy atom. The summed E-state index contributed by atoms with van der Waals surface area (Å²) in [7, 11) is 1.53. The first-order valence-electron chi connectivity index (χ1n) is 12.4. The van der Waals surface area contributed by atoms with Crippen molar-refractivity contribution >= 4 is 46.4 Å². The number of aliphatic hydroxyl groups is 1. The number of fused-ring (bicyclic) bond motifs is 1. The molecule has 1 amide bonds. The summed E-state index contributed by atoms with van der Waals surface area (Å²) in [6, 6.07) is 5.58. The van der Waals surface area contributed by atoms with Crippen molar-refractivity contribution in [2.75, 3.05) is 67.9 Å². The monoisotopic (exact) mass is 553 g/mol. The Hall–Kier alpha value is -3.88. The number of aromatic nitrogens is 4. The number of oxazole rings is 2. The van der Waals surface area contributed by atoms with Crippen LogP contribution in [0.15, 0.2) is 39.5 Å². The van der Waals surface area contributed by atoms with E-state index < -0.39 is 10.8 Å². The van der Waals surface area contributed by atoms with Gasteiger partial charge in [-0.1, -0.05) is 0 Å². The van der Waals surface area contributed by atoms with Crippen molar-refractivity contribution in [3.63, 3.8) is 0 Å². The van der Waals surface area contributed by atoms with E-state index in [0.29, 0.717) is 86.0 Å². The zero-order valence-corrected chi connectivity index (χ0v) is 22.2. The lowest BCUT2D eigenvalue weighted by Gasteiger charge is -2.24. The number of amides is 1. The zero-order chi connectivity index (χ0) is 27.0. The molecule has 2 N–H and O–H groups in total. The highest BCUT2D eigenvalue weighted by Crippen LogP contribution is 2.38. The lowest BCUT2D eigenvalue weighted by Crippen LogP contribution is -2.36. The predicted molar refractivity (Wildman–Crippen MR) is 144 cm³/mol. The predicted octanol–water partition coefficient (Wildman–Crippen LogP) is 2.63. The molecule has 14 heteroatoms. The fourth-order valence-electron chi connectivity index (χ4n) is 4.50. The second-order valence-corrected chi connectivity index (χ2v) is 10.3.